The number of carbonyl (C=O) groups is 1. The van der Waals surface area contributed by atoms with Gasteiger partial charge in [-0.1, -0.05) is 55.4 Å². The van der Waals surface area contributed by atoms with Crippen molar-refractivity contribution in [3.8, 4) is 23.0 Å². The smallest absolute Gasteiger partial charge is 0.227 e. The minimum atomic E-state index is -0.381. The molecule has 34 heavy (non-hydrogen) atoms. The largest absolute Gasteiger partial charge is 0.439 e. The first-order valence-electron chi connectivity index (χ1n) is 11.0. The number of rotatable bonds is 9. The Kier molecular flexibility index (Phi) is 7.27. The molecule has 174 valence electrons. The normalized spacial score (nSPS) is 10.9. The van der Waals surface area contributed by atoms with Gasteiger partial charge in [0.15, 0.2) is 0 Å². The van der Waals surface area contributed by atoms with Crippen molar-refractivity contribution >= 4 is 5.91 Å². The first-order valence-corrected chi connectivity index (χ1v) is 11.0. The van der Waals surface area contributed by atoms with Gasteiger partial charge in [0.05, 0.1) is 0 Å². The molecular formula is C26H25FN4O3. The summed E-state index contributed by atoms with van der Waals surface area (Å²) in [7, 11) is 0. The van der Waals surface area contributed by atoms with Crippen LogP contribution in [0.15, 0.2) is 71.4 Å². The van der Waals surface area contributed by atoms with Gasteiger partial charge in [0.1, 0.15) is 11.6 Å². The number of ether oxygens (including phenoxy) is 1. The van der Waals surface area contributed by atoms with Crippen LogP contribution in [0.3, 0.4) is 0 Å². The molecule has 4 rings (SSSR count). The molecule has 1 amide bonds. The van der Waals surface area contributed by atoms with E-state index in [0.29, 0.717) is 42.2 Å². The molecule has 0 aliphatic carbocycles. The molecule has 2 heterocycles. The second-order valence-electron chi connectivity index (χ2n) is 8.13. The van der Waals surface area contributed by atoms with Gasteiger partial charge in [-0.15, -0.1) is 0 Å². The summed E-state index contributed by atoms with van der Waals surface area (Å²) in [6.07, 6.45) is 2.17. The lowest BCUT2D eigenvalue weighted by Crippen LogP contribution is -2.23. The zero-order valence-corrected chi connectivity index (χ0v) is 19.0. The molecule has 1 N–H and O–H groups in total. The fourth-order valence-electron chi connectivity index (χ4n) is 3.23. The molecule has 7 nitrogen and oxygen atoms in total. The molecule has 0 bridgehead atoms. The quantitative estimate of drug-likeness (QED) is 0.358. The van der Waals surface area contributed by atoms with E-state index in [4.69, 9.17) is 9.26 Å². The van der Waals surface area contributed by atoms with Crippen LogP contribution >= 0.6 is 0 Å². The predicted molar refractivity (Wildman–Crippen MR) is 125 cm³/mol. The second-order valence-corrected chi connectivity index (χ2v) is 8.13. The van der Waals surface area contributed by atoms with Crippen molar-refractivity contribution in [3.05, 3.63) is 89.7 Å². The fourth-order valence-corrected chi connectivity index (χ4v) is 3.23. The Hall–Kier alpha value is -4.07. The third-order valence-electron chi connectivity index (χ3n) is 5.18. The highest BCUT2D eigenvalue weighted by molar-refractivity contribution is 5.76. The third kappa shape index (κ3) is 6.25. The zero-order valence-electron chi connectivity index (χ0n) is 19.0. The lowest BCUT2D eigenvalue weighted by Gasteiger charge is -2.07. The Labute approximate surface area is 197 Å². The minimum Gasteiger partial charge on any atom is -0.439 e. The highest BCUT2D eigenvalue weighted by atomic mass is 19.1. The highest BCUT2D eigenvalue weighted by Crippen LogP contribution is 2.21. The molecule has 0 aliphatic heterocycles. The molecule has 0 aliphatic rings. The number of carbonyl (C=O) groups excluding carboxylic acids is 1. The Balaban J connectivity index is 1.23. The van der Waals surface area contributed by atoms with Crippen molar-refractivity contribution < 1.29 is 18.4 Å². The molecule has 0 unspecified atom stereocenters. The van der Waals surface area contributed by atoms with E-state index in [2.05, 4.69) is 46.4 Å². The molecule has 0 saturated heterocycles. The molecule has 8 heteroatoms. The van der Waals surface area contributed by atoms with E-state index in [9.17, 15) is 9.18 Å². The van der Waals surface area contributed by atoms with E-state index in [1.165, 1.54) is 17.7 Å². The van der Waals surface area contributed by atoms with Gasteiger partial charge in [-0.2, -0.15) is 4.98 Å². The zero-order chi connectivity index (χ0) is 23.9. The van der Waals surface area contributed by atoms with E-state index in [-0.39, 0.29) is 18.1 Å². The van der Waals surface area contributed by atoms with Crippen LogP contribution in [0.1, 0.15) is 43.2 Å². The third-order valence-corrected chi connectivity index (χ3v) is 5.18. The molecule has 0 radical (unpaired) electrons. The maximum atomic E-state index is 13.2. The van der Waals surface area contributed by atoms with Crippen LogP contribution in [0.5, 0.6) is 11.6 Å². The van der Waals surface area contributed by atoms with Crippen molar-refractivity contribution in [2.24, 2.45) is 0 Å². The number of benzene rings is 2. The van der Waals surface area contributed by atoms with Gasteiger partial charge >= 0.3 is 0 Å². The number of aromatic nitrogens is 3. The maximum absolute atomic E-state index is 13.2. The van der Waals surface area contributed by atoms with E-state index in [1.54, 1.807) is 30.5 Å². The van der Waals surface area contributed by atoms with Gasteiger partial charge in [-0.05, 0) is 29.2 Å². The summed E-state index contributed by atoms with van der Waals surface area (Å²) in [5.41, 5.74) is 2.93. The Morgan fingerprint density at radius 2 is 1.94 bits per heavy atom. The molecule has 2 aromatic carbocycles. The van der Waals surface area contributed by atoms with Crippen molar-refractivity contribution in [1.29, 1.82) is 0 Å². The Bertz CT molecular complexity index is 1240. The van der Waals surface area contributed by atoms with E-state index < -0.39 is 0 Å². The minimum absolute atomic E-state index is 0.138. The fraction of sp³-hybridized carbons (Fsp3) is 0.231. The van der Waals surface area contributed by atoms with E-state index in [0.717, 1.165) is 11.1 Å². The summed E-state index contributed by atoms with van der Waals surface area (Å²) in [5.74, 6) is 1.57. The average molecular weight is 461 g/mol. The lowest BCUT2D eigenvalue weighted by atomic mass is 10.0. The summed E-state index contributed by atoms with van der Waals surface area (Å²) >= 11 is 0. The van der Waals surface area contributed by atoms with Gasteiger partial charge in [0, 0.05) is 43.3 Å². The van der Waals surface area contributed by atoms with Crippen LogP contribution in [-0.4, -0.2) is 21.0 Å². The number of nitrogens with one attached hydrogen (secondary N) is 1. The van der Waals surface area contributed by atoms with E-state index >= 15 is 0 Å². The van der Waals surface area contributed by atoms with Gasteiger partial charge in [-0.25, -0.2) is 9.37 Å². The highest BCUT2D eigenvalue weighted by Gasteiger charge is 2.11. The first kappa shape index (κ1) is 23.1. The summed E-state index contributed by atoms with van der Waals surface area (Å²) in [6, 6.07) is 17.3. The Morgan fingerprint density at radius 1 is 1.12 bits per heavy atom. The van der Waals surface area contributed by atoms with E-state index in [1.807, 2.05) is 12.1 Å². The number of aryl methyl sites for hydroxylation is 1. The van der Waals surface area contributed by atoms with Crippen LogP contribution in [0.25, 0.3) is 11.4 Å². The van der Waals surface area contributed by atoms with Crippen LogP contribution in [0, 0.1) is 5.82 Å². The standard InChI is InChI=1S/C26H25FN4O3/c1-17(2)19-7-9-20(10-8-19)26-30-25(34-31-26)13-11-23(32)28-15-18-6-12-24(29-16-18)33-22-5-3-4-21(27)14-22/h3-10,12,14,16-17H,11,13,15H2,1-2H3,(H,28,32). The number of nitrogens with zero attached hydrogens (tertiary/aromatic N) is 3. The van der Waals surface area contributed by atoms with Crippen LogP contribution < -0.4 is 10.1 Å². The monoisotopic (exact) mass is 460 g/mol. The van der Waals surface area contributed by atoms with Gasteiger partial charge in [-0.3, -0.25) is 4.79 Å². The molecular weight excluding hydrogens is 435 g/mol. The topological polar surface area (TPSA) is 90.1 Å². The SMILES string of the molecule is CC(C)c1ccc(-c2noc(CCC(=O)NCc3ccc(Oc4cccc(F)c4)nc3)n2)cc1. The molecule has 4 aromatic rings. The molecule has 0 atom stereocenters. The summed E-state index contributed by atoms with van der Waals surface area (Å²) in [6.45, 7) is 4.60. The van der Waals surface area contributed by atoms with Crippen LogP contribution in [0.2, 0.25) is 0 Å². The number of amides is 1. The van der Waals surface area contributed by atoms with Crippen molar-refractivity contribution in [1.82, 2.24) is 20.4 Å². The molecule has 0 spiro atoms. The maximum Gasteiger partial charge on any atom is 0.227 e. The first-order chi connectivity index (χ1) is 16.5. The summed E-state index contributed by atoms with van der Waals surface area (Å²) in [4.78, 5) is 20.8. The second kappa shape index (κ2) is 10.7. The molecule has 0 fully saturated rings. The van der Waals surface area contributed by atoms with Crippen molar-refractivity contribution in [2.45, 2.75) is 39.2 Å². The number of hydrogen-bond acceptors (Lipinski definition) is 6. The number of halogens is 1. The van der Waals surface area contributed by atoms with Crippen molar-refractivity contribution in [3.63, 3.8) is 0 Å². The van der Waals surface area contributed by atoms with Crippen LogP contribution in [0.4, 0.5) is 4.39 Å². The Morgan fingerprint density at radius 3 is 2.65 bits per heavy atom. The van der Waals surface area contributed by atoms with Crippen LogP contribution in [-0.2, 0) is 17.8 Å². The predicted octanol–water partition coefficient (Wildman–Crippen LogP) is 5.44. The van der Waals surface area contributed by atoms with Gasteiger partial charge in [0.2, 0.25) is 23.5 Å². The summed E-state index contributed by atoms with van der Waals surface area (Å²) < 4.78 is 24.1. The summed E-state index contributed by atoms with van der Waals surface area (Å²) in [5, 5.41) is 6.86. The molecule has 0 saturated carbocycles. The van der Waals surface area contributed by atoms with Gasteiger partial charge < -0.3 is 14.6 Å². The number of hydrogen-bond donors (Lipinski definition) is 1. The molecule has 2 aromatic heterocycles. The number of pyridine rings is 1. The van der Waals surface area contributed by atoms with Crippen molar-refractivity contribution in [2.75, 3.05) is 0 Å². The lowest BCUT2D eigenvalue weighted by molar-refractivity contribution is -0.121. The average Bonchev–Trinajstić information content (AvgIpc) is 3.31. The van der Waals surface area contributed by atoms with Gasteiger partial charge in [0.25, 0.3) is 0 Å².